The molecular weight excluding hydrogens is 594 g/mol. The molecule has 0 bridgehead atoms. The van der Waals surface area contributed by atoms with Crippen LogP contribution in [0.5, 0.6) is 11.5 Å². The maximum atomic E-state index is 13.3. The number of hydrogen-bond acceptors (Lipinski definition) is 7. The van der Waals surface area contributed by atoms with Crippen molar-refractivity contribution in [2.75, 3.05) is 11.5 Å². The van der Waals surface area contributed by atoms with Crippen molar-refractivity contribution >= 4 is 62.8 Å². The van der Waals surface area contributed by atoms with Crippen LogP contribution in [0.3, 0.4) is 0 Å². The van der Waals surface area contributed by atoms with Crippen LogP contribution >= 0.6 is 27.5 Å². The summed E-state index contributed by atoms with van der Waals surface area (Å²) in [6.07, 6.45) is 1.35. The molecule has 4 rings (SSSR count). The highest BCUT2D eigenvalue weighted by molar-refractivity contribution is 9.10. The summed E-state index contributed by atoms with van der Waals surface area (Å²) in [5.74, 6) is -0.943. The number of carbonyl (C=O) groups excluding carboxylic acids is 3. The van der Waals surface area contributed by atoms with Crippen LogP contribution in [0.4, 0.5) is 16.2 Å². The van der Waals surface area contributed by atoms with Crippen molar-refractivity contribution in [1.29, 1.82) is 0 Å². The van der Waals surface area contributed by atoms with E-state index in [0.717, 1.165) is 4.90 Å². The Bertz CT molecular complexity index is 1520. The zero-order chi connectivity index (χ0) is 28.3. The van der Waals surface area contributed by atoms with Crippen molar-refractivity contribution in [3.8, 4) is 11.5 Å². The number of nitrogens with one attached hydrogen (secondary N) is 1. The van der Waals surface area contributed by atoms with Gasteiger partial charge in [0.25, 0.3) is 17.5 Å². The summed E-state index contributed by atoms with van der Waals surface area (Å²) in [6.45, 7) is 3.86. The summed E-state index contributed by atoms with van der Waals surface area (Å²) in [4.78, 5) is 49.8. The van der Waals surface area contributed by atoms with Crippen molar-refractivity contribution in [2.45, 2.75) is 20.5 Å². The molecule has 0 atom stereocenters. The predicted molar refractivity (Wildman–Crippen MR) is 148 cm³/mol. The fourth-order valence-electron chi connectivity index (χ4n) is 3.82. The van der Waals surface area contributed by atoms with Gasteiger partial charge in [-0.1, -0.05) is 17.7 Å². The molecule has 4 amide bonds. The molecule has 0 saturated carbocycles. The average molecular weight is 615 g/mol. The number of nitrogens with zero attached hydrogens (tertiary/aromatic N) is 2. The van der Waals surface area contributed by atoms with Gasteiger partial charge in [0.15, 0.2) is 11.5 Å². The molecule has 1 N–H and O–H groups in total. The molecule has 0 aromatic heterocycles. The van der Waals surface area contributed by atoms with Crippen LogP contribution < -0.4 is 19.7 Å². The van der Waals surface area contributed by atoms with E-state index in [-0.39, 0.29) is 23.6 Å². The monoisotopic (exact) mass is 613 g/mol. The number of nitro benzene ring substituents is 1. The lowest BCUT2D eigenvalue weighted by molar-refractivity contribution is -0.384. The van der Waals surface area contributed by atoms with Crippen molar-refractivity contribution in [2.24, 2.45) is 0 Å². The summed E-state index contributed by atoms with van der Waals surface area (Å²) >= 11 is 9.63. The average Bonchev–Trinajstić information content (AvgIpc) is 2.89. The third-order valence-corrected chi connectivity index (χ3v) is 6.75. The molecule has 39 heavy (non-hydrogen) atoms. The fourth-order valence-corrected chi connectivity index (χ4v) is 4.57. The number of rotatable bonds is 8. The van der Waals surface area contributed by atoms with Crippen molar-refractivity contribution in [1.82, 2.24) is 5.32 Å². The van der Waals surface area contributed by atoms with Gasteiger partial charge in [0.2, 0.25) is 0 Å². The Morgan fingerprint density at radius 3 is 2.49 bits per heavy atom. The van der Waals surface area contributed by atoms with Crippen LogP contribution in [0.25, 0.3) is 6.08 Å². The molecule has 3 aromatic carbocycles. The molecule has 12 heteroatoms. The van der Waals surface area contributed by atoms with Crippen LogP contribution in [0.15, 0.2) is 64.6 Å². The third-order valence-electron chi connectivity index (χ3n) is 5.75. The van der Waals surface area contributed by atoms with Crippen LogP contribution in [0.1, 0.15) is 23.6 Å². The van der Waals surface area contributed by atoms with E-state index in [1.165, 1.54) is 18.2 Å². The molecule has 1 saturated heterocycles. The Kier molecular flexibility index (Phi) is 8.32. The Morgan fingerprint density at radius 2 is 1.82 bits per heavy atom. The van der Waals surface area contributed by atoms with E-state index in [9.17, 15) is 24.5 Å². The number of halogens is 2. The van der Waals surface area contributed by atoms with Gasteiger partial charge in [-0.2, -0.15) is 0 Å². The van der Waals surface area contributed by atoms with Gasteiger partial charge in [-0.05, 0) is 88.9 Å². The second kappa shape index (κ2) is 11.7. The van der Waals surface area contributed by atoms with E-state index < -0.39 is 22.8 Å². The van der Waals surface area contributed by atoms with E-state index in [1.54, 1.807) is 56.3 Å². The molecule has 3 aromatic rings. The third kappa shape index (κ3) is 5.94. The summed E-state index contributed by atoms with van der Waals surface area (Å²) in [5, 5.41) is 13.4. The van der Waals surface area contributed by atoms with E-state index in [2.05, 4.69) is 21.2 Å². The van der Waals surface area contributed by atoms with Gasteiger partial charge in [0.05, 0.1) is 21.7 Å². The first-order valence-corrected chi connectivity index (χ1v) is 12.8. The summed E-state index contributed by atoms with van der Waals surface area (Å²) < 4.78 is 12.1. The van der Waals surface area contributed by atoms with Crippen LogP contribution in [-0.4, -0.2) is 29.4 Å². The maximum absolute atomic E-state index is 13.3. The van der Waals surface area contributed by atoms with Crippen LogP contribution in [-0.2, 0) is 16.2 Å². The smallest absolute Gasteiger partial charge is 0.335 e. The Hall–Kier alpha value is -4.22. The molecule has 0 aliphatic carbocycles. The first-order chi connectivity index (χ1) is 18.6. The molecule has 10 nitrogen and oxygen atoms in total. The molecule has 0 unspecified atom stereocenters. The first-order valence-electron chi connectivity index (χ1n) is 11.6. The predicted octanol–water partition coefficient (Wildman–Crippen LogP) is 5.96. The van der Waals surface area contributed by atoms with Gasteiger partial charge in [0, 0.05) is 17.2 Å². The number of nitro groups is 1. The molecular formula is C27H21BrClN3O7. The van der Waals surface area contributed by atoms with Crippen LogP contribution in [0.2, 0.25) is 5.02 Å². The molecule has 0 spiro atoms. The van der Waals surface area contributed by atoms with Gasteiger partial charge in [-0.25, -0.2) is 9.69 Å². The number of barbiturate groups is 1. The number of ether oxygens (including phenoxy) is 2. The normalized spacial score (nSPS) is 14.4. The minimum absolute atomic E-state index is 0.0283. The zero-order valence-corrected chi connectivity index (χ0v) is 23.0. The minimum Gasteiger partial charge on any atom is -0.490 e. The van der Waals surface area contributed by atoms with Crippen molar-refractivity contribution < 1.29 is 28.8 Å². The van der Waals surface area contributed by atoms with E-state index in [4.69, 9.17) is 21.1 Å². The second-order valence-corrected chi connectivity index (χ2v) is 9.58. The number of amides is 4. The number of anilines is 1. The highest BCUT2D eigenvalue weighted by Crippen LogP contribution is 2.38. The van der Waals surface area contributed by atoms with Crippen molar-refractivity contribution in [3.63, 3.8) is 0 Å². The SMILES string of the molecule is CCOc1cc(/C=C2\C(=O)NC(=O)N(c3cccc(Cl)c3C)C2=O)cc(Br)c1OCc1ccc([N+](=O)[O-])cc1. The zero-order valence-electron chi connectivity index (χ0n) is 20.7. The number of benzene rings is 3. The Balaban J connectivity index is 1.65. The first kappa shape index (κ1) is 27.8. The van der Waals surface area contributed by atoms with Gasteiger partial charge < -0.3 is 9.47 Å². The lowest BCUT2D eigenvalue weighted by atomic mass is 10.1. The van der Waals surface area contributed by atoms with Crippen LogP contribution in [0, 0.1) is 17.0 Å². The van der Waals surface area contributed by atoms with Crippen molar-refractivity contribution in [3.05, 3.63) is 96.5 Å². The minimum atomic E-state index is -0.876. The van der Waals surface area contributed by atoms with Gasteiger partial charge in [0.1, 0.15) is 12.2 Å². The molecule has 1 fully saturated rings. The lowest BCUT2D eigenvalue weighted by Gasteiger charge is -2.27. The quantitative estimate of drug-likeness (QED) is 0.143. The second-order valence-electron chi connectivity index (χ2n) is 8.32. The van der Waals surface area contributed by atoms with E-state index in [1.807, 2.05) is 0 Å². The summed E-state index contributed by atoms with van der Waals surface area (Å²) in [6, 6.07) is 13.1. The van der Waals surface area contributed by atoms with Gasteiger partial charge in [-0.3, -0.25) is 25.0 Å². The van der Waals surface area contributed by atoms with Gasteiger partial charge >= 0.3 is 6.03 Å². The highest BCUT2D eigenvalue weighted by Gasteiger charge is 2.37. The van der Waals surface area contributed by atoms with E-state index in [0.29, 0.717) is 44.3 Å². The van der Waals surface area contributed by atoms with E-state index >= 15 is 0 Å². The lowest BCUT2D eigenvalue weighted by Crippen LogP contribution is -2.54. The number of imide groups is 2. The maximum Gasteiger partial charge on any atom is 0.335 e. The molecule has 0 radical (unpaired) electrons. The highest BCUT2D eigenvalue weighted by atomic mass is 79.9. The molecule has 1 aliphatic rings. The topological polar surface area (TPSA) is 128 Å². The van der Waals surface area contributed by atoms with Gasteiger partial charge in [-0.15, -0.1) is 0 Å². The largest absolute Gasteiger partial charge is 0.490 e. The Morgan fingerprint density at radius 1 is 1.10 bits per heavy atom. The Labute approximate surface area is 236 Å². The standard InChI is InChI=1S/C27H21BrClN3O7/c1-3-38-23-13-17(12-20(28)24(23)39-14-16-7-9-18(10-8-16)32(36)37)11-19-25(33)30-27(35)31(26(19)34)22-6-4-5-21(29)15(22)2/h4-13H,3,14H2,1-2H3,(H,30,33,35)/b19-11+. The number of urea groups is 1. The number of hydrogen-bond donors (Lipinski definition) is 1. The summed E-state index contributed by atoms with van der Waals surface area (Å²) in [5.41, 5.74) is 1.61. The number of carbonyl (C=O) groups is 3. The molecule has 1 heterocycles. The number of non-ortho nitro benzene ring substituents is 1. The molecule has 1 aliphatic heterocycles. The summed E-state index contributed by atoms with van der Waals surface area (Å²) in [7, 11) is 0. The molecule has 200 valence electrons. The fraction of sp³-hybridized carbons (Fsp3) is 0.148.